The SMILES string of the molecule is CCC1(OC(=O)CCN2CCCCC2)C(=O)CCc2c1cc1n(c2=O)Cc2c-1nc1cc3c(cc1c2C1CCC1)OCO3. The number of aromatic nitrogens is 2. The van der Waals surface area contributed by atoms with E-state index in [2.05, 4.69) is 4.90 Å². The largest absolute Gasteiger partial charge is 0.454 e. The molecule has 9 nitrogen and oxygen atoms in total. The molecule has 5 aliphatic rings. The van der Waals surface area contributed by atoms with Gasteiger partial charge in [0.2, 0.25) is 6.79 Å². The van der Waals surface area contributed by atoms with Crippen LogP contribution < -0.4 is 15.0 Å². The average Bonchev–Trinajstić information content (AvgIpc) is 3.60. The number of piperidine rings is 1. The van der Waals surface area contributed by atoms with E-state index in [1.165, 1.54) is 18.4 Å². The van der Waals surface area contributed by atoms with Gasteiger partial charge in [0, 0.05) is 41.1 Å². The number of esters is 1. The van der Waals surface area contributed by atoms with Gasteiger partial charge in [-0.25, -0.2) is 4.98 Å². The van der Waals surface area contributed by atoms with Crippen molar-refractivity contribution < 1.29 is 23.8 Å². The molecule has 2 aromatic heterocycles. The summed E-state index contributed by atoms with van der Waals surface area (Å²) in [5, 5.41) is 1.05. The van der Waals surface area contributed by atoms with E-state index < -0.39 is 5.60 Å². The molecule has 1 atom stereocenters. The van der Waals surface area contributed by atoms with Gasteiger partial charge in [0.25, 0.3) is 5.56 Å². The van der Waals surface area contributed by atoms with E-state index >= 15 is 0 Å². The number of hydrogen-bond donors (Lipinski definition) is 0. The minimum atomic E-state index is -1.45. The highest BCUT2D eigenvalue weighted by Gasteiger charge is 2.48. The molecule has 8 rings (SSSR count). The number of fused-ring (bicyclic) bond motifs is 6. The number of hydrogen-bond acceptors (Lipinski definition) is 8. The Labute approximate surface area is 250 Å². The molecule has 43 heavy (non-hydrogen) atoms. The summed E-state index contributed by atoms with van der Waals surface area (Å²) in [4.78, 5) is 48.5. The van der Waals surface area contributed by atoms with Gasteiger partial charge in [-0.1, -0.05) is 19.8 Å². The van der Waals surface area contributed by atoms with Crippen molar-refractivity contribution in [3.05, 3.63) is 50.8 Å². The number of ether oxygens (including phenoxy) is 3. The molecule has 1 saturated heterocycles. The number of Topliss-reactive ketones (excluding diaryl/α,β-unsaturated/α-hetero) is 1. The first-order valence-electron chi connectivity index (χ1n) is 16.0. The second kappa shape index (κ2) is 10.2. The van der Waals surface area contributed by atoms with Gasteiger partial charge < -0.3 is 23.7 Å². The van der Waals surface area contributed by atoms with Crippen LogP contribution in [0.15, 0.2) is 23.0 Å². The first-order valence-corrected chi connectivity index (χ1v) is 16.0. The van der Waals surface area contributed by atoms with Crippen LogP contribution in [0.25, 0.3) is 22.3 Å². The van der Waals surface area contributed by atoms with Gasteiger partial charge in [-0.3, -0.25) is 14.4 Å². The average molecular weight is 584 g/mol. The zero-order valence-corrected chi connectivity index (χ0v) is 24.7. The number of carbonyl (C=O) groups excluding carboxylic acids is 2. The molecular weight excluding hydrogens is 546 g/mol. The molecular formula is C34H37N3O6. The number of rotatable bonds is 6. The van der Waals surface area contributed by atoms with Crippen molar-refractivity contribution >= 4 is 22.7 Å². The van der Waals surface area contributed by atoms with E-state index in [9.17, 15) is 14.4 Å². The minimum Gasteiger partial charge on any atom is -0.454 e. The van der Waals surface area contributed by atoms with Gasteiger partial charge in [-0.05, 0) is 75.2 Å². The lowest BCUT2D eigenvalue weighted by atomic mass is 9.76. The summed E-state index contributed by atoms with van der Waals surface area (Å²) in [6, 6.07) is 5.90. The van der Waals surface area contributed by atoms with E-state index in [4.69, 9.17) is 19.2 Å². The molecule has 0 bridgehead atoms. The Hall–Kier alpha value is -3.72. The number of carbonyl (C=O) groups is 2. The highest BCUT2D eigenvalue weighted by atomic mass is 16.7. The summed E-state index contributed by atoms with van der Waals surface area (Å²) in [6.07, 6.45) is 7.94. The number of benzene rings is 1. The highest BCUT2D eigenvalue weighted by Crippen LogP contribution is 2.49. The van der Waals surface area contributed by atoms with Crippen molar-refractivity contribution in [1.82, 2.24) is 14.5 Å². The molecule has 2 fully saturated rings. The zero-order valence-electron chi connectivity index (χ0n) is 24.7. The quantitative estimate of drug-likeness (QED) is 0.294. The summed E-state index contributed by atoms with van der Waals surface area (Å²) in [5.74, 6) is 1.28. The standard InChI is InChI=1S/C34H37N3O6/c1-2-34(43-30(39)11-14-36-12-4-3-5-13-36)24-16-26-32-23(18-37(26)33(40)21(24)9-10-29(34)38)31(20-7-6-8-20)22-15-27-28(42-19-41-27)17-25(22)35-32/h15-17,20H,2-14,18-19H2,1H3. The van der Waals surface area contributed by atoms with Gasteiger partial charge in [0.1, 0.15) is 0 Å². The molecule has 1 saturated carbocycles. The van der Waals surface area contributed by atoms with Crippen LogP contribution in [-0.4, -0.2) is 52.6 Å². The van der Waals surface area contributed by atoms with Gasteiger partial charge in [0.15, 0.2) is 22.9 Å². The number of likely N-dealkylation sites (tertiary alicyclic amines) is 1. The Morgan fingerprint density at radius 1 is 1.02 bits per heavy atom. The summed E-state index contributed by atoms with van der Waals surface area (Å²) >= 11 is 0. The first-order chi connectivity index (χ1) is 21.0. The van der Waals surface area contributed by atoms with E-state index in [-0.39, 0.29) is 43.4 Å². The van der Waals surface area contributed by atoms with Crippen LogP contribution in [0.1, 0.15) is 92.9 Å². The van der Waals surface area contributed by atoms with Crippen molar-refractivity contribution in [2.75, 3.05) is 26.4 Å². The Morgan fingerprint density at radius 2 is 1.81 bits per heavy atom. The molecule has 0 N–H and O–H groups in total. The molecule has 0 amide bonds. The van der Waals surface area contributed by atoms with Crippen LogP contribution in [0, 0.1) is 0 Å². The van der Waals surface area contributed by atoms with Crippen LogP contribution >= 0.6 is 0 Å². The molecule has 1 aromatic carbocycles. The third-order valence-electron chi connectivity index (χ3n) is 10.5. The minimum absolute atomic E-state index is 0.113. The van der Waals surface area contributed by atoms with E-state index in [1.807, 2.05) is 29.7 Å². The molecule has 2 aliphatic carbocycles. The van der Waals surface area contributed by atoms with Gasteiger partial charge in [-0.2, -0.15) is 0 Å². The Bertz CT molecular complexity index is 1730. The van der Waals surface area contributed by atoms with Crippen molar-refractivity contribution in [2.45, 2.75) is 89.2 Å². The summed E-state index contributed by atoms with van der Waals surface area (Å²) < 4.78 is 19.3. The molecule has 1 unspecified atom stereocenters. The normalized spacial score (nSPS) is 22.7. The van der Waals surface area contributed by atoms with Gasteiger partial charge in [0.05, 0.1) is 29.9 Å². The predicted molar refractivity (Wildman–Crippen MR) is 160 cm³/mol. The van der Waals surface area contributed by atoms with Crippen LogP contribution in [0.2, 0.25) is 0 Å². The molecule has 0 spiro atoms. The lowest BCUT2D eigenvalue weighted by Crippen LogP contribution is -2.46. The lowest BCUT2D eigenvalue weighted by Gasteiger charge is -2.36. The summed E-state index contributed by atoms with van der Waals surface area (Å²) in [6.45, 7) is 5.11. The van der Waals surface area contributed by atoms with Crippen molar-refractivity contribution in [2.24, 2.45) is 0 Å². The topological polar surface area (TPSA) is 100.0 Å². The lowest BCUT2D eigenvalue weighted by molar-refractivity contribution is -0.171. The fraction of sp³-hybridized carbons (Fsp3) is 0.529. The highest BCUT2D eigenvalue weighted by molar-refractivity contribution is 5.94. The molecule has 224 valence electrons. The molecule has 0 radical (unpaired) electrons. The zero-order chi connectivity index (χ0) is 29.3. The summed E-state index contributed by atoms with van der Waals surface area (Å²) in [5.41, 5.74) is 4.14. The van der Waals surface area contributed by atoms with Crippen LogP contribution in [0.4, 0.5) is 0 Å². The van der Waals surface area contributed by atoms with E-state index in [0.717, 1.165) is 66.7 Å². The second-order valence-corrected chi connectivity index (χ2v) is 12.7. The third-order valence-corrected chi connectivity index (χ3v) is 10.5. The number of nitrogens with zero attached hydrogens (tertiary/aromatic N) is 3. The first kappa shape index (κ1) is 26.9. The van der Waals surface area contributed by atoms with Crippen LogP contribution in [0.3, 0.4) is 0 Å². The van der Waals surface area contributed by atoms with Gasteiger partial charge in [-0.15, -0.1) is 0 Å². The Kier molecular flexibility index (Phi) is 6.36. The maximum atomic E-state index is 14.2. The maximum Gasteiger partial charge on any atom is 0.308 e. The predicted octanol–water partition coefficient (Wildman–Crippen LogP) is 4.96. The van der Waals surface area contributed by atoms with E-state index in [1.54, 1.807) is 0 Å². The smallest absolute Gasteiger partial charge is 0.308 e. The molecule has 5 heterocycles. The van der Waals surface area contributed by atoms with Crippen LogP contribution in [0.5, 0.6) is 11.5 Å². The summed E-state index contributed by atoms with van der Waals surface area (Å²) in [7, 11) is 0. The number of ketones is 1. The van der Waals surface area contributed by atoms with Crippen molar-refractivity contribution in [1.29, 1.82) is 0 Å². The van der Waals surface area contributed by atoms with Crippen molar-refractivity contribution in [3.63, 3.8) is 0 Å². The number of pyridine rings is 2. The van der Waals surface area contributed by atoms with Crippen molar-refractivity contribution in [3.8, 4) is 22.9 Å². The molecule has 3 aromatic rings. The molecule has 9 heteroatoms. The fourth-order valence-corrected chi connectivity index (χ4v) is 7.90. The van der Waals surface area contributed by atoms with E-state index in [0.29, 0.717) is 48.0 Å². The monoisotopic (exact) mass is 583 g/mol. The van der Waals surface area contributed by atoms with Gasteiger partial charge >= 0.3 is 5.97 Å². The van der Waals surface area contributed by atoms with Crippen LogP contribution in [-0.2, 0) is 32.9 Å². The second-order valence-electron chi connectivity index (χ2n) is 12.7. The third kappa shape index (κ3) is 4.14. The molecule has 3 aliphatic heterocycles. The Balaban J connectivity index is 1.23. The fourth-order valence-electron chi connectivity index (χ4n) is 7.90. The Morgan fingerprint density at radius 3 is 2.56 bits per heavy atom. The maximum absolute atomic E-state index is 14.2.